The molecule has 7 nitrogen and oxygen atoms in total. The number of carbonyl (C=O) groups is 2. The summed E-state index contributed by atoms with van der Waals surface area (Å²) in [6.07, 6.45) is 1.87. The van der Waals surface area contributed by atoms with Gasteiger partial charge in [-0.15, -0.1) is 0 Å². The Morgan fingerprint density at radius 3 is 2.78 bits per heavy atom. The molecular weight excluding hydrogens is 417 g/mol. The molecule has 0 bridgehead atoms. The minimum absolute atomic E-state index is 0.0392. The van der Waals surface area contributed by atoms with Gasteiger partial charge in [0.05, 0.1) is 18.0 Å². The summed E-state index contributed by atoms with van der Waals surface area (Å²) in [5, 5.41) is 11.2. The maximum Gasteiger partial charge on any atom is 0.254 e. The molecule has 1 aromatic heterocycles. The van der Waals surface area contributed by atoms with Gasteiger partial charge in [-0.05, 0) is 30.2 Å². The molecule has 136 valence electrons. The van der Waals surface area contributed by atoms with Crippen molar-refractivity contribution in [3.63, 3.8) is 0 Å². The third-order valence-electron chi connectivity index (χ3n) is 4.86. The highest BCUT2D eigenvalue weighted by Crippen LogP contribution is 2.54. The Morgan fingerprint density at radius 1 is 1.44 bits per heavy atom. The lowest BCUT2D eigenvalue weighted by molar-refractivity contribution is -0.117. The van der Waals surface area contributed by atoms with Gasteiger partial charge in [0.2, 0.25) is 11.9 Å². The number of hydrogen-bond donors (Lipinski definition) is 1. The fourth-order valence-electron chi connectivity index (χ4n) is 3.40. The molecule has 2 heterocycles. The van der Waals surface area contributed by atoms with Crippen LogP contribution in [0.3, 0.4) is 0 Å². The zero-order chi connectivity index (χ0) is 19.2. The third-order valence-corrected chi connectivity index (χ3v) is 5.35. The standard InChI is InChI=1S/C18H13BrFN5O2/c19-11-1-2-12-13(3-11)18(4-14(18)20)9-25(16(12)27)8-15(26)24-17-22-6-10(5-21)7-23-17/h1-3,6-7,14H,4,8-9H2,(H,22,23,24,26)/t14-,18+/m0/s1. The van der Waals surface area contributed by atoms with Crippen LogP contribution in [0.25, 0.3) is 0 Å². The van der Waals surface area contributed by atoms with Crippen LogP contribution in [0.1, 0.15) is 27.9 Å². The second-order valence-corrected chi connectivity index (χ2v) is 7.55. The molecule has 2 aromatic rings. The number of anilines is 1. The number of rotatable bonds is 3. The normalized spacial score (nSPS) is 22.9. The van der Waals surface area contributed by atoms with Gasteiger partial charge >= 0.3 is 0 Å². The maximum absolute atomic E-state index is 14.2. The zero-order valence-electron chi connectivity index (χ0n) is 13.9. The van der Waals surface area contributed by atoms with E-state index in [4.69, 9.17) is 5.26 Å². The van der Waals surface area contributed by atoms with Crippen molar-refractivity contribution >= 4 is 33.7 Å². The monoisotopic (exact) mass is 429 g/mol. The molecule has 2 amide bonds. The minimum atomic E-state index is -1.04. The van der Waals surface area contributed by atoms with Gasteiger partial charge in [0.25, 0.3) is 5.91 Å². The summed E-state index contributed by atoms with van der Waals surface area (Å²) in [7, 11) is 0. The number of nitriles is 1. The summed E-state index contributed by atoms with van der Waals surface area (Å²) in [5.74, 6) is -0.754. The van der Waals surface area contributed by atoms with E-state index >= 15 is 0 Å². The van der Waals surface area contributed by atoms with Crippen molar-refractivity contribution in [2.45, 2.75) is 18.0 Å². The van der Waals surface area contributed by atoms with E-state index in [-0.39, 0.29) is 30.5 Å². The van der Waals surface area contributed by atoms with Crippen LogP contribution in [0.15, 0.2) is 35.1 Å². The summed E-state index contributed by atoms with van der Waals surface area (Å²) < 4.78 is 15.0. The number of alkyl halides is 1. The maximum atomic E-state index is 14.2. The average molecular weight is 430 g/mol. The number of halogens is 2. The van der Waals surface area contributed by atoms with Gasteiger partial charge in [0, 0.05) is 22.0 Å². The zero-order valence-corrected chi connectivity index (χ0v) is 15.5. The van der Waals surface area contributed by atoms with Crippen LogP contribution in [0.5, 0.6) is 0 Å². The highest BCUT2D eigenvalue weighted by molar-refractivity contribution is 9.10. The molecule has 1 N–H and O–H groups in total. The fraction of sp³-hybridized carbons (Fsp3) is 0.278. The Bertz CT molecular complexity index is 990. The summed E-state index contributed by atoms with van der Waals surface area (Å²) in [6, 6.07) is 7.05. The van der Waals surface area contributed by atoms with Crippen molar-refractivity contribution in [3.8, 4) is 6.07 Å². The average Bonchev–Trinajstić information content (AvgIpc) is 3.30. The quantitative estimate of drug-likeness (QED) is 0.805. The van der Waals surface area contributed by atoms with Gasteiger partial charge < -0.3 is 4.90 Å². The molecule has 2 aliphatic rings. The number of carbonyl (C=O) groups excluding carboxylic acids is 2. The summed E-state index contributed by atoms with van der Waals surface area (Å²) >= 11 is 3.37. The van der Waals surface area contributed by atoms with Crippen LogP contribution in [-0.2, 0) is 10.2 Å². The van der Waals surface area contributed by atoms with E-state index in [1.54, 1.807) is 18.2 Å². The van der Waals surface area contributed by atoms with E-state index in [1.807, 2.05) is 6.07 Å². The molecular formula is C18H13BrFN5O2. The van der Waals surface area contributed by atoms with Crippen LogP contribution in [0.2, 0.25) is 0 Å². The lowest BCUT2D eigenvalue weighted by Gasteiger charge is -2.34. The molecule has 9 heteroatoms. The Balaban J connectivity index is 1.52. The third kappa shape index (κ3) is 3.06. The van der Waals surface area contributed by atoms with Gasteiger partial charge in [-0.3, -0.25) is 14.9 Å². The first kappa shape index (κ1) is 17.5. The highest BCUT2D eigenvalue weighted by atomic mass is 79.9. The largest absolute Gasteiger partial charge is 0.328 e. The van der Waals surface area contributed by atoms with Gasteiger partial charge in [-0.25, -0.2) is 14.4 Å². The molecule has 1 saturated carbocycles. The number of fused-ring (bicyclic) bond motifs is 2. The van der Waals surface area contributed by atoms with E-state index in [1.165, 1.54) is 17.3 Å². The van der Waals surface area contributed by atoms with Crippen molar-refractivity contribution in [2.75, 3.05) is 18.4 Å². The van der Waals surface area contributed by atoms with Crippen molar-refractivity contribution in [1.29, 1.82) is 5.26 Å². The van der Waals surface area contributed by atoms with E-state index in [0.717, 1.165) is 4.47 Å². The van der Waals surface area contributed by atoms with Crippen LogP contribution < -0.4 is 5.32 Å². The predicted molar refractivity (Wildman–Crippen MR) is 96.6 cm³/mol. The molecule has 0 saturated heterocycles. The number of nitrogens with zero attached hydrogens (tertiary/aromatic N) is 4. The van der Waals surface area contributed by atoms with Crippen LogP contribution >= 0.6 is 15.9 Å². The van der Waals surface area contributed by atoms with Gasteiger partial charge in [0.15, 0.2) is 0 Å². The number of nitrogens with one attached hydrogen (secondary N) is 1. The van der Waals surface area contributed by atoms with E-state index in [2.05, 4.69) is 31.2 Å². The molecule has 1 aliphatic heterocycles. The van der Waals surface area contributed by atoms with Crippen LogP contribution in [-0.4, -0.2) is 45.9 Å². The summed E-state index contributed by atoms with van der Waals surface area (Å²) in [6.45, 7) is -0.0791. The first-order valence-electron chi connectivity index (χ1n) is 8.18. The number of amides is 2. The molecule has 0 unspecified atom stereocenters. The van der Waals surface area contributed by atoms with Crippen molar-refractivity contribution in [2.24, 2.45) is 0 Å². The second-order valence-electron chi connectivity index (χ2n) is 6.63. The van der Waals surface area contributed by atoms with Crippen LogP contribution in [0, 0.1) is 11.3 Å². The molecule has 1 spiro atoms. The molecule has 2 atom stereocenters. The van der Waals surface area contributed by atoms with Crippen molar-refractivity contribution < 1.29 is 14.0 Å². The topological polar surface area (TPSA) is 99.0 Å². The van der Waals surface area contributed by atoms with Gasteiger partial charge in [-0.1, -0.05) is 15.9 Å². The lowest BCUT2D eigenvalue weighted by atomic mass is 9.86. The van der Waals surface area contributed by atoms with E-state index in [0.29, 0.717) is 17.5 Å². The molecule has 0 radical (unpaired) electrons. The predicted octanol–water partition coefficient (Wildman–Crippen LogP) is 2.18. The Labute approximate surface area is 162 Å². The van der Waals surface area contributed by atoms with Crippen molar-refractivity contribution in [1.82, 2.24) is 14.9 Å². The highest BCUT2D eigenvalue weighted by Gasteiger charge is 2.61. The summed E-state index contributed by atoms with van der Waals surface area (Å²) in [4.78, 5) is 34.2. The summed E-state index contributed by atoms with van der Waals surface area (Å²) in [5.41, 5.74) is 0.651. The first-order chi connectivity index (χ1) is 12.9. The number of hydrogen-bond acceptors (Lipinski definition) is 5. The van der Waals surface area contributed by atoms with Gasteiger partial charge in [-0.2, -0.15) is 5.26 Å². The Morgan fingerprint density at radius 2 is 2.15 bits per heavy atom. The molecule has 1 aliphatic carbocycles. The second kappa shape index (κ2) is 6.39. The molecule has 1 aromatic carbocycles. The smallest absolute Gasteiger partial charge is 0.254 e. The van der Waals surface area contributed by atoms with Crippen LogP contribution in [0.4, 0.5) is 10.3 Å². The molecule has 27 heavy (non-hydrogen) atoms. The Kier molecular flexibility index (Phi) is 4.15. The van der Waals surface area contributed by atoms with Gasteiger partial charge in [0.1, 0.15) is 18.8 Å². The molecule has 1 fully saturated rings. The first-order valence-corrected chi connectivity index (χ1v) is 8.97. The molecule has 4 rings (SSSR count). The minimum Gasteiger partial charge on any atom is -0.328 e. The van der Waals surface area contributed by atoms with Crippen molar-refractivity contribution in [3.05, 3.63) is 51.8 Å². The van der Waals surface area contributed by atoms with E-state index in [9.17, 15) is 14.0 Å². The van der Waals surface area contributed by atoms with E-state index < -0.39 is 17.5 Å². The number of benzene rings is 1. The Hall–Kier alpha value is -2.86. The SMILES string of the molecule is N#Cc1cnc(NC(=O)CN2C[C@]3(C[C@@H]3F)c3cc(Br)ccc3C2=O)nc1. The fourth-order valence-corrected chi connectivity index (χ4v) is 3.76. The lowest BCUT2D eigenvalue weighted by Crippen LogP contribution is -2.47. The number of aromatic nitrogens is 2.